The molecular formula is C18H37NO. The lowest BCUT2D eigenvalue weighted by Crippen LogP contribution is -2.30. The van der Waals surface area contributed by atoms with Crippen LogP contribution in [0.4, 0.5) is 0 Å². The molecule has 0 aromatic rings. The highest BCUT2D eigenvalue weighted by atomic mass is 16.5. The Morgan fingerprint density at radius 3 is 2.45 bits per heavy atom. The van der Waals surface area contributed by atoms with Crippen molar-refractivity contribution in [3.05, 3.63) is 0 Å². The molecule has 120 valence electrons. The summed E-state index contributed by atoms with van der Waals surface area (Å²) in [6.45, 7) is 10.1. The predicted octanol–water partition coefficient (Wildman–Crippen LogP) is 4.78. The molecule has 1 aliphatic rings. The van der Waals surface area contributed by atoms with Crippen LogP contribution in [0, 0.1) is 11.8 Å². The lowest BCUT2D eigenvalue weighted by Gasteiger charge is -2.19. The van der Waals surface area contributed by atoms with Crippen LogP contribution in [0.2, 0.25) is 0 Å². The van der Waals surface area contributed by atoms with Crippen molar-refractivity contribution in [1.29, 1.82) is 0 Å². The zero-order chi connectivity index (χ0) is 14.6. The van der Waals surface area contributed by atoms with Gasteiger partial charge >= 0.3 is 0 Å². The number of unbranched alkanes of at least 4 members (excludes halogenated alkanes) is 6. The molecule has 20 heavy (non-hydrogen) atoms. The van der Waals surface area contributed by atoms with E-state index in [0.29, 0.717) is 6.10 Å². The highest BCUT2D eigenvalue weighted by Gasteiger charge is 2.27. The summed E-state index contributed by atoms with van der Waals surface area (Å²) in [6.07, 6.45) is 12.9. The maximum Gasteiger partial charge on any atom is 0.0616 e. The molecule has 2 atom stereocenters. The molecule has 1 fully saturated rings. The van der Waals surface area contributed by atoms with Crippen LogP contribution in [-0.2, 0) is 4.74 Å². The standard InChI is InChI=1S/C18H37NO/c1-4-5-6-7-8-9-10-11-18-17(12-13-20-18)15-19-14-16(2)3/h16-19H,4-15H2,1-3H3. The zero-order valence-corrected chi connectivity index (χ0v) is 14.1. The molecule has 0 spiro atoms. The summed E-state index contributed by atoms with van der Waals surface area (Å²) in [7, 11) is 0. The summed E-state index contributed by atoms with van der Waals surface area (Å²) in [5.41, 5.74) is 0. The zero-order valence-electron chi connectivity index (χ0n) is 14.1. The van der Waals surface area contributed by atoms with E-state index in [0.717, 1.165) is 31.5 Å². The molecule has 0 amide bonds. The molecule has 2 unspecified atom stereocenters. The van der Waals surface area contributed by atoms with Gasteiger partial charge in [-0.1, -0.05) is 65.7 Å². The van der Waals surface area contributed by atoms with Crippen LogP contribution in [0.15, 0.2) is 0 Å². The van der Waals surface area contributed by atoms with Gasteiger partial charge in [0.1, 0.15) is 0 Å². The first-order valence-electron chi connectivity index (χ1n) is 9.06. The Labute approximate surface area is 127 Å². The van der Waals surface area contributed by atoms with Gasteiger partial charge in [0.2, 0.25) is 0 Å². The molecule has 1 rings (SSSR count). The molecular weight excluding hydrogens is 246 g/mol. The van der Waals surface area contributed by atoms with Crippen LogP contribution < -0.4 is 5.32 Å². The monoisotopic (exact) mass is 283 g/mol. The maximum absolute atomic E-state index is 5.93. The van der Waals surface area contributed by atoms with Gasteiger partial charge in [-0.25, -0.2) is 0 Å². The van der Waals surface area contributed by atoms with Crippen molar-refractivity contribution in [2.24, 2.45) is 11.8 Å². The first-order chi connectivity index (χ1) is 9.74. The van der Waals surface area contributed by atoms with Crippen LogP contribution in [0.3, 0.4) is 0 Å². The maximum atomic E-state index is 5.93. The van der Waals surface area contributed by atoms with E-state index < -0.39 is 0 Å². The van der Waals surface area contributed by atoms with Crippen LogP contribution in [0.1, 0.15) is 78.6 Å². The fraction of sp³-hybridized carbons (Fsp3) is 1.00. The average molecular weight is 284 g/mol. The van der Waals surface area contributed by atoms with Gasteiger partial charge < -0.3 is 10.1 Å². The lowest BCUT2D eigenvalue weighted by atomic mass is 9.96. The molecule has 0 aliphatic carbocycles. The van der Waals surface area contributed by atoms with E-state index in [4.69, 9.17) is 4.74 Å². The SMILES string of the molecule is CCCCCCCCCC1OCCC1CNCC(C)C. The summed E-state index contributed by atoms with van der Waals surface area (Å²) in [5.74, 6) is 1.51. The highest BCUT2D eigenvalue weighted by Crippen LogP contribution is 2.25. The van der Waals surface area contributed by atoms with Crippen molar-refractivity contribution < 1.29 is 4.74 Å². The lowest BCUT2D eigenvalue weighted by molar-refractivity contribution is 0.0807. The number of hydrogen-bond acceptors (Lipinski definition) is 2. The second-order valence-corrected chi connectivity index (χ2v) is 6.92. The average Bonchev–Trinajstić information content (AvgIpc) is 2.85. The predicted molar refractivity (Wildman–Crippen MR) is 88.2 cm³/mol. The van der Waals surface area contributed by atoms with Crippen molar-refractivity contribution >= 4 is 0 Å². The Morgan fingerprint density at radius 2 is 1.75 bits per heavy atom. The molecule has 1 N–H and O–H groups in total. The van der Waals surface area contributed by atoms with E-state index in [1.807, 2.05) is 0 Å². The molecule has 0 radical (unpaired) electrons. The normalized spacial score (nSPS) is 22.8. The fourth-order valence-corrected chi connectivity index (χ4v) is 3.11. The topological polar surface area (TPSA) is 21.3 Å². The Bertz CT molecular complexity index is 217. The number of hydrogen-bond donors (Lipinski definition) is 1. The molecule has 1 aliphatic heterocycles. The summed E-state index contributed by atoms with van der Waals surface area (Å²) < 4.78 is 5.93. The summed E-state index contributed by atoms with van der Waals surface area (Å²) in [6, 6.07) is 0. The molecule has 1 saturated heterocycles. The third kappa shape index (κ3) is 8.26. The van der Waals surface area contributed by atoms with Gasteiger partial charge in [-0.05, 0) is 31.2 Å². The largest absolute Gasteiger partial charge is 0.378 e. The van der Waals surface area contributed by atoms with E-state index in [2.05, 4.69) is 26.1 Å². The van der Waals surface area contributed by atoms with Crippen LogP contribution in [0.5, 0.6) is 0 Å². The quantitative estimate of drug-likeness (QED) is 0.521. The fourth-order valence-electron chi connectivity index (χ4n) is 3.11. The van der Waals surface area contributed by atoms with Gasteiger partial charge in [0.25, 0.3) is 0 Å². The molecule has 0 aromatic carbocycles. The van der Waals surface area contributed by atoms with Gasteiger partial charge in [-0.2, -0.15) is 0 Å². The molecule has 1 heterocycles. The summed E-state index contributed by atoms with van der Waals surface area (Å²) in [4.78, 5) is 0. The van der Waals surface area contributed by atoms with E-state index in [9.17, 15) is 0 Å². The first-order valence-corrected chi connectivity index (χ1v) is 9.06. The van der Waals surface area contributed by atoms with Crippen LogP contribution in [0.25, 0.3) is 0 Å². The Kier molecular flexibility index (Phi) is 10.4. The number of nitrogens with one attached hydrogen (secondary N) is 1. The number of ether oxygens (including phenoxy) is 1. The van der Waals surface area contributed by atoms with Gasteiger partial charge in [-0.3, -0.25) is 0 Å². The Morgan fingerprint density at radius 1 is 1.05 bits per heavy atom. The third-order valence-corrected chi connectivity index (χ3v) is 4.40. The summed E-state index contributed by atoms with van der Waals surface area (Å²) in [5, 5.41) is 3.60. The van der Waals surface area contributed by atoms with Crippen molar-refractivity contribution in [2.75, 3.05) is 19.7 Å². The van der Waals surface area contributed by atoms with Gasteiger partial charge in [0.05, 0.1) is 6.10 Å². The molecule has 0 saturated carbocycles. The minimum Gasteiger partial charge on any atom is -0.378 e. The minimum absolute atomic E-state index is 0.533. The van der Waals surface area contributed by atoms with E-state index in [1.54, 1.807) is 0 Å². The van der Waals surface area contributed by atoms with E-state index in [1.165, 1.54) is 57.8 Å². The Balaban J connectivity index is 2.00. The van der Waals surface area contributed by atoms with Crippen molar-refractivity contribution in [3.8, 4) is 0 Å². The van der Waals surface area contributed by atoms with Crippen molar-refractivity contribution in [1.82, 2.24) is 5.32 Å². The van der Waals surface area contributed by atoms with Crippen molar-refractivity contribution in [3.63, 3.8) is 0 Å². The first kappa shape index (κ1) is 18.0. The smallest absolute Gasteiger partial charge is 0.0616 e. The Hall–Kier alpha value is -0.0800. The van der Waals surface area contributed by atoms with Crippen LogP contribution >= 0.6 is 0 Å². The third-order valence-electron chi connectivity index (χ3n) is 4.40. The second-order valence-electron chi connectivity index (χ2n) is 6.92. The van der Waals surface area contributed by atoms with E-state index >= 15 is 0 Å². The van der Waals surface area contributed by atoms with Gasteiger partial charge in [0, 0.05) is 13.2 Å². The molecule has 2 heteroatoms. The molecule has 2 nitrogen and oxygen atoms in total. The second kappa shape index (κ2) is 11.6. The highest BCUT2D eigenvalue weighted by molar-refractivity contribution is 4.78. The van der Waals surface area contributed by atoms with Gasteiger partial charge in [0.15, 0.2) is 0 Å². The van der Waals surface area contributed by atoms with Gasteiger partial charge in [-0.15, -0.1) is 0 Å². The molecule has 0 bridgehead atoms. The van der Waals surface area contributed by atoms with E-state index in [-0.39, 0.29) is 0 Å². The minimum atomic E-state index is 0.533. The molecule has 0 aromatic heterocycles. The van der Waals surface area contributed by atoms with Crippen LogP contribution in [-0.4, -0.2) is 25.8 Å². The summed E-state index contributed by atoms with van der Waals surface area (Å²) >= 11 is 0. The van der Waals surface area contributed by atoms with Crippen molar-refractivity contribution in [2.45, 2.75) is 84.7 Å². The number of rotatable bonds is 12.